The quantitative estimate of drug-likeness (QED) is 0.548. The van der Waals surface area contributed by atoms with Gasteiger partial charge in [0.1, 0.15) is 0 Å². The van der Waals surface area contributed by atoms with Gasteiger partial charge < -0.3 is 9.42 Å². The molecule has 2 aliphatic rings. The van der Waals surface area contributed by atoms with Crippen molar-refractivity contribution >= 4 is 21.6 Å². The third kappa shape index (κ3) is 4.37. The highest BCUT2D eigenvalue weighted by atomic mass is 32.2. The molecular weight excluding hydrogens is 452 g/mol. The average molecular weight is 481 g/mol. The van der Waals surface area contributed by atoms with Crippen LogP contribution in [0.1, 0.15) is 43.6 Å². The Morgan fingerprint density at radius 3 is 2.35 bits per heavy atom. The van der Waals surface area contributed by atoms with E-state index in [2.05, 4.69) is 17.1 Å². The number of benzene rings is 2. The van der Waals surface area contributed by atoms with Crippen LogP contribution < -0.4 is 4.90 Å². The molecule has 1 aromatic heterocycles. The van der Waals surface area contributed by atoms with Crippen LogP contribution in [-0.4, -0.2) is 48.4 Å². The predicted molar refractivity (Wildman–Crippen MR) is 128 cm³/mol. The van der Waals surface area contributed by atoms with Gasteiger partial charge in [-0.3, -0.25) is 4.79 Å². The minimum atomic E-state index is -3.51. The van der Waals surface area contributed by atoms with E-state index in [1.807, 2.05) is 31.2 Å². The summed E-state index contributed by atoms with van der Waals surface area (Å²) < 4.78 is 33.0. The molecule has 2 fully saturated rings. The minimum absolute atomic E-state index is 0.0234. The molecule has 8 nitrogen and oxygen atoms in total. The molecule has 1 unspecified atom stereocenters. The lowest BCUT2D eigenvalue weighted by atomic mass is 10.0. The van der Waals surface area contributed by atoms with Crippen molar-refractivity contribution in [3.8, 4) is 11.4 Å². The molecule has 0 spiro atoms. The summed E-state index contributed by atoms with van der Waals surface area (Å²) >= 11 is 0. The molecule has 0 N–H and O–H groups in total. The van der Waals surface area contributed by atoms with Crippen molar-refractivity contribution in [1.29, 1.82) is 0 Å². The van der Waals surface area contributed by atoms with Crippen LogP contribution in [0.5, 0.6) is 0 Å². The molecule has 0 aliphatic carbocycles. The second-order valence-electron chi connectivity index (χ2n) is 9.31. The highest BCUT2D eigenvalue weighted by Crippen LogP contribution is 2.32. The first-order valence-electron chi connectivity index (χ1n) is 11.6. The molecule has 1 atom stereocenters. The summed E-state index contributed by atoms with van der Waals surface area (Å²) in [7, 11) is -3.51. The Bertz CT molecular complexity index is 1280. The van der Waals surface area contributed by atoms with Crippen molar-refractivity contribution in [1.82, 2.24) is 14.4 Å². The van der Waals surface area contributed by atoms with Crippen molar-refractivity contribution < 1.29 is 17.7 Å². The second-order valence-corrected chi connectivity index (χ2v) is 11.2. The Morgan fingerprint density at radius 2 is 1.68 bits per heavy atom. The van der Waals surface area contributed by atoms with Gasteiger partial charge in [0.2, 0.25) is 27.6 Å². The van der Waals surface area contributed by atoms with E-state index in [-0.39, 0.29) is 16.7 Å². The number of sulfonamides is 1. The maximum atomic E-state index is 13.0. The molecule has 34 heavy (non-hydrogen) atoms. The molecule has 2 aliphatic heterocycles. The monoisotopic (exact) mass is 480 g/mol. The summed E-state index contributed by atoms with van der Waals surface area (Å²) in [6.07, 6.45) is 2.07. The number of carbonyl (C=O) groups is 1. The van der Waals surface area contributed by atoms with Gasteiger partial charge in [0.25, 0.3) is 0 Å². The fraction of sp³-hybridized carbons (Fsp3) is 0.400. The maximum absolute atomic E-state index is 13.0. The lowest BCUT2D eigenvalue weighted by molar-refractivity contribution is -0.117. The molecule has 3 heterocycles. The zero-order valence-corrected chi connectivity index (χ0v) is 20.2. The summed E-state index contributed by atoms with van der Waals surface area (Å²) in [5.74, 6) is 1.19. The number of rotatable bonds is 5. The van der Waals surface area contributed by atoms with E-state index in [0.717, 1.165) is 24.1 Å². The fourth-order valence-electron chi connectivity index (χ4n) is 4.52. The number of carbonyl (C=O) groups excluding carboxylic acids is 1. The third-order valence-electron chi connectivity index (χ3n) is 6.75. The number of amides is 1. The standard InChI is InChI=1S/C25H28N4O4S/c1-17-3-7-21(8-4-17)29-16-20(15-23(29)30)25-26-24(27-33-25)19-5-9-22(10-6-19)34(31,32)28-13-11-18(2)12-14-28/h3-10,18,20H,11-16H2,1-2H3. The van der Waals surface area contributed by atoms with Crippen LogP contribution >= 0.6 is 0 Å². The van der Waals surface area contributed by atoms with E-state index in [1.165, 1.54) is 0 Å². The smallest absolute Gasteiger partial charge is 0.243 e. The Balaban J connectivity index is 1.29. The van der Waals surface area contributed by atoms with Gasteiger partial charge in [-0.25, -0.2) is 8.42 Å². The molecule has 2 aromatic carbocycles. The van der Waals surface area contributed by atoms with Crippen molar-refractivity contribution in [3.63, 3.8) is 0 Å². The molecule has 5 rings (SSSR count). The molecular formula is C25H28N4O4S. The summed E-state index contributed by atoms with van der Waals surface area (Å²) in [4.78, 5) is 19.1. The number of aryl methyl sites for hydroxylation is 1. The molecule has 0 radical (unpaired) electrons. The van der Waals surface area contributed by atoms with Crippen LogP contribution in [0.2, 0.25) is 0 Å². The van der Waals surface area contributed by atoms with Crippen molar-refractivity contribution in [2.24, 2.45) is 5.92 Å². The Kier molecular flexibility index (Phi) is 5.99. The van der Waals surface area contributed by atoms with Gasteiger partial charge >= 0.3 is 0 Å². The highest BCUT2D eigenvalue weighted by Gasteiger charge is 2.35. The fourth-order valence-corrected chi connectivity index (χ4v) is 5.99. The SMILES string of the molecule is Cc1ccc(N2CC(c3nc(-c4ccc(S(=O)(=O)N5CCC(C)CC5)cc4)no3)CC2=O)cc1. The van der Waals surface area contributed by atoms with Crippen molar-refractivity contribution in [3.05, 3.63) is 60.0 Å². The first-order valence-corrected chi connectivity index (χ1v) is 13.1. The molecule has 3 aromatic rings. The van der Waals surface area contributed by atoms with Gasteiger partial charge in [-0.1, -0.05) is 29.8 Å². The maximum Gasteiger partial charge on any atom is 0.243 e. The molecule has 2 saturated heterocycles. The topological polar surface area (TPSA) is 96.6 Å². The summed E-state index contributed by atoms with van der Waals surface area (Å²) in [5, 5.41) is 4.08. The normalized spacial score (nSPS) is 20.2. The Hall–Kier alpha value is -3.04. The Morgan fingerprint density at radius 1 is 1.00 bits per heavy atom. The number of piperidine rings is 1. The van der Waals surface area contributed by atoms with Crippen molar-refractivity contribution in [2.45, 2.75) is 43.9 Å². The van der Waals surface area contributed by atoms with Crippen LogP contribution in [-0.2, 0) is 14.8 Å². The average Bonchev–Trinajstić information content (AvgIpc) is 3.47. The number of hydrogen-bond donors (Lipinski definition) is 0. The van der Waals surface area contributed by atoms with Crippen LogP contribution in [0.3, 0.4) is 0 Å². The minimum Gasteiger partial charge on any atom is -0.339 e. The third-order valence-corrected chi connectivity index (χ3v) is 8.67. The number of anilines is 1. The zero-order chi connectivity index (χ0) is 23.9. The van der Waals surface area contributed by atoms with E-state index in [0.29, 0.717) is 49.3 Å². The molecule has 178 valence electrons. The van der Waals surface area contributed by atoms with E-state index >= 15 is 0 Å². The number of aromatic nitrogens is 2. The largest absolute Gasteiger partial charge is 0.339 e. The van der Waals surface area contributed by atoms with Gasteiger partial charge in [-0.05, 0) is 62.1 Å². The van der Waals surface area contributed by atoms with Crippen LogP contribution in [0.15, 0.2) is 57.9 Å². The predicted octanol–water partition coefficient (Wildman–Crippen LogP) is 3.99. The van der Waals surface area contributed by atoms with Gasteiger partial charge in [0, 0.05) is 37.3 Å². The number of nitrogens with zero attached hydrogens (tertiary/aromatic N) is 4. The molecule has 9 heteroatoms. The first kappa shape index (κ1) is 22.7. The van der Waals surface area contributed by atoms with Crippen LogP contribution in [0.25, 0.3) is 11.4 Å². The van der Waals surface area contributed by atoms with Gasteiger partial charge in [-0.15, -0.1) is 0 Å². The first-order chi connectivity index (χ1) is 16.3. The molecule has 0 bridgehead atoms. The van der Waals surface area contributed by atoms with E-state index in [1.54, 1.807) is 33.5 Å². The summed E-state index contributed by atoms with van der Waals surface area (Å²) in [6.45, 7) is 5.75. The van der Waals surface area contributed by atoms with Crippen LogP contribution in [0.4, 0.5) is 5.69 Å². The molecule has 0 saturated carbocycles. The number of hydrogen-bond acceptors (Lipinski definition) is 6. The zero-order valence-electron chi connectivity index (χ0n) is 19.3. The van der Waals surface area contributed by atoms with E-state index in [4.69, 9.17) is 4.52 Å². The van der Waals surface area contributed by atoms with E-state index < -0.39 is 10.0 Å². The van der Waals surface area contributed by atoms with Gasteiger partial charge in [0.05, 0.1) is 10.8 Å². The Labute approximate surface area is 199 Å². The lowest BCUT2D eigenvalue weighted by Gasteiger charge is -2.29. The van der Waals surface area contributed by atoms with Crippen LogP contribution in [0, 0.1) is 12.8 Å². The van der Waals surface area contributed by atoms with Crippen molar-refractivity contribution in [2.75, 3.05) is 24.5 Å². The summed E-state index contributed by atoms with van der Waals surface area (Å²) in [6, 6.07) is 14.4. The summed E-state index contributed by atoms with van der Waals surface area (Å²) in [5.41, 5.74) is 2.66. The highest BCUT2D eigenvalue weighted by molar-refractivity contribution is 7.89. The van der Waals surface area contributed by atoms with E-state index in [9.17, 15) is 13.2 Å². The van der Waals surface area contributed by atoms with Gasteiger partial charge in [-0.2, -0.15) is 9.29 Å². The second kappa shape index (κ2) is 8.96. The van der Waals surface area contributed by atoms with Gasteiger partial charge in [0.15, 0.2) is 0 Å². The molecule has 1 amide bonds. The lowest BCUT2D eigenvalue weighted by Crippen LogP contribution is -2.37.